The molecular formula is C18H14BrFN4O3. The van der Waals surface area contributed by atoms with Crippen molar-refractivity contribution in [3.8, 4) is 11.4 Å². The lowest BCUT2D eigenvalue weighted by Gasteiger charge is -2.24. The fourth-order valence-corrected chi connectivity index (χ4v) is 3.74. The van der Waals surface area contributed by atoms with Crippen LogP contribution >= 0.6 is 15.9 Å². The van der Waals surface area contributed by atoms with E-state index in [1.165, 1.54) is 12.1 Å². The number of aromatic nitrogens is 2. The molecule has 4 rings (SSSR count). The molecule has 9 heteroatoms. The van der Waals surface area contributed by atoms with Crippen LogP contribution in [0.15, 0.2) is 51.5 Å². The van der Waals surface area contributed by atoms with E-state index in [4.69, 9.17) is 4.52 Å². The second-order valence-electron chi connectivity index (χ2n) is 6.18. The van der Waals surface area contributed by atoms with Gasteiger partial charge in [0, 0.05) is 22.6 Å². The van der Waals surface area contributed by atoms with Gasteiger partial charge in [0.2, 0.25) is 11.7 Å². The van der Waals surface area contributed by atoms with E-state index in [2.05, 4.69) is 26.1 Å². The predicted octanol–water partition coefficient (Wildman–Crippen LogP) is 4.89. The van der Waals surface area contributed by atoms with Gasteiger partial charge in [-0.05, 0) is 31.0 Å². The average molecular weight is 433 g/mol. The second kappa shape index (κ2) is 7.07. The number of rotatable bonds is 4. The number of nitro groups is 1. The second-order valence-corrected chi connectivity index (χ2v) is 7.03. The van der Waals surface area contributed by atoms with E-state index < -0.39 is 10.7 Å². The largest absolute Gasteiger partial charge is 0.357 e. The van der Waals surface area contributed by atoms with E-state index in [1.807, 2.05) is 29.2 Å². The fourth-order valence-electron chi connectivity index (χ4n) is 3.28. The Kier molecular flexibility index (Phi) is 4.61. The first kappa shape index (κ1) is 17.6. The van der Waals surface area contributed by atoms with E-state index >= 15 is 0 Å². The van der Waals surface area contributed by atoms with Crippen LogP contribution in [0, 0.1) is 15.9 Å². The Morgan fingerprint density at radius 1 is 1.30 bits per heavy atom. The van der Waals surface area contributed by atoms with Crippen molar-refractivity contribution < 1.29 is 13.8 Å². The molecule has 0 radical (unpaired) electrons. The van der Waals surface area contributed by atoms with Crippen LogP contribution in [0.4, 0.5) is 15.8 Å². The molecule has 1 aromatic heterocycles. The molecule has 1 aliphatic rings. The number of hydrogen-bond acceptors (Lipinski definition) is 6. The SMILES string of the molecule is O=[N+]([O-])c1ccc(N2CCCC2c2nc(-c3ccccc3Br)no2)c(F)c1. The van der Waals surface area contributed by atoms with Gasteiger partial charge in [-0.25, -0.2) is 4.39 Å². The maximum Gasteiger partial charge on any atom is 0.272 e. The number of nitrogens with zero attached hydrogens (tertiary/aromatic N) is 4. The van der Waals surface area contributed by atoms with E-state index in [1.54, 1.807) is 0 Å². The Labute approximate surface area is 162 Å². The minimum Gasteiger partial charge on any atom is -0.357 e. The van der Waals surface area contributed by atoms with Crippen molar-refractivity contribution in [1.29, 1.82) is 0 Å². The molecule has 1 atom stereocenters. The molecule has 0 bridgehead atoms. The third kappa shape index (κ3) is 3.30. The number of non-ortho nitro benzene ring substituents is 1. The molecule has 2 aromatic carbocycles. The standard InChI is InChI=1S/C18H14BrFN4O3/c19-13-5-2-1-4-12(13)17-21-18(27-22-17)16-6-3-9-23(16)15-8-7-11(24(25)26)10-14(15)20/h1-2,4-5,7-8,10,16H,3,6,9H2. The molecule has 1 unspecified atom stereocenters. The van der Waals surface area contributed by atoms with Gasteiger partial charge in [0.25, 0.3) is 5.69 Å². The van der Waals surface area contributed by atoms with Crippen molar-refractivity contribution in [1.82, 2.24) is 10.1 Å². The summed E-state index contributed by atoms with van der Waals surface area (Å²) in [7, 11) is 0. The van der Waals surface area contributed by atoms with E-state index in [0.717, 1.165) is 28.9 Å². The van der Waals surface area contributed by atoms with Crippen LogP contribution in [0.3, 0.4) is 0 Å². The first-order valence-electron chi connectivity index (χ1n) is 8.33. The Morgan fingerprint density at radius 2 is 2.11 bits per heavy atom. The lowest BCUT2D eigenvalue weighted by molar-refractivity contribution is -0.385. The van der Waals surface area contributed by atoms with Crippen LogP contribution in [-0.4, -0.2) is 21.6 Å². The Hall–Kier alpha value is -2.81. The molecule has 3 aromatic rings. The molecule has 2 heterocycles. The molecule has 27 heavy (non-hydrogen) atoms. The van der Waals surface area contributed by atoms with Gasteiger partial charge in [-0.1, -0.05) is 33.2 Å². The number of hydrogen-bond donors (Lipinski definition) is 0. The quantitative estimate of drug-likeness (QED) is 0.430. The van der Waals surface area contributed by atoms with E-state index in [-0.39, 0.29) is 11.7 Å². The zero-order chi connectivity index (χ0) is 19.0. The lowest BCUT2D eigenvalue weighted by Crippen LogP contribution is -2.23. The summed E-state index contributed by atoms with van der Waals surface area (Å²) in [5.74, 6) is 0.214. The van der Waals surface area contributed by atoms with Crippen LogP contribution in [0.5, 0.6) is 0 Å². The fraction of sp³-hybridized carbons (Fsp3) is 0.222. The van der Waals surface area contributed by atoms with Crippen molar-refractivity contribution in [3.05, 3.63) is 68.8 Å². The highest BCUT2D eigenvalue weighted by molar-refractivity contribution is 9.10. The molecule has 0 N–H and O–H groups in total. The summed E-state index contributed by atoms with van der Waals surface area (Å²) in [6.07, 6.45) is 1.56. The van der Waals surface area contributed by atoms with Crippen LogP contribution < -0.4 is 4.90 Å². The normalized spacial score (nSPS) is 16.7. The Bertz CT molecular complexity index is 1010. The van der Waals surface area contributed by atoms with Gasteiger partial charge in [-0.2, -0.15) is 4.98 Å². The highest BCUT2D eigenvalue weighted by Gasteiger charge is 2.33. The highest BCUT2D eigenvalue weighted by Crippen LogP contribution is 2.38. The molecule has 0 spiro atoms. The summed E-state index contributed by atoms with van der Waals surface area (Å²) in [5, 5.41) is 14.9. The van der Waals surface area contributed by atoms with Gasteiger partial charge in [-0.3, -0.25) is 10.1 Å². The molecule has 0 amide bonds. The highest BCUT2D eigenvalue weighted by atomic mass is 79.9. The van der Waals surface area contributed by atoms with Crippen molar-refractivity contribution >= 4 is 27.3 Å². The molecule has 0 aliphatic carbocycles. The zero-order valence-corrected chi connectivity index (χ0v) is 15.6. The molecule has 1 fully saturated rings. The van der Waals surface area contributed by atoms with Crippen molar-refractivity contribution in [3.63, 3.8) is 0 Å². The van der Waals surface area contributed by atoms with Crippen molar-refractivity contribution in [2.75, 3.05) is 11.4 Å². The van der Waals surface area contributed by atoms with Crippen LogP contribution in [0.25, 0.3) is 11.4 Å². The van der Waals surface area contributed by atoms with Crippen LogP contribution in [-0.2, 0) is 0 Å². The molecular weight excluding hydrogens is 419 g/mol. The monoisotopic (exact) mass is 432 g/mol. The summed E-state index contributed by atoms with van der Waals surface area (Å²) in [4.78, 5) is 16.5. The maximum absolute atomic E-state index is 14.5. The Morgan fingerprint density at radius 3 is 2.85 bits per heavy atom. The topological polar surface area (TPSA) is 85.3 Å². The molecule has 1 aliphatic heterocycles. The van der Waals surface area contributed by atoms with Crippen LogP contribution in [0.2, 0.25) is 0 Å². The number of halogens is 2. The van der Waals surface area contributed by atoms with Gasteiger partial charge in [0.15, 0.2) is 5.82 Å². The maximum atomic E-state index is 14.5. The van der Waals surface area contributed by atoms with Gasteiger partial charge < -0.3 is 9.42 Å². The van der Waals surface area contributed by atoms with E-state index in [9.17, 15) is 14.5 Å². The van der Waals surface area contributed by atoms with Crippen molar-refractivity contribution in [2.45, 2.75) is 18.9 Å². The molecule has 7 nitrogen and oxygen atoms in total. The predicted molar refractivity (Wildman–Crippen MR) is 99.8 cm³/mol. The van der Waals surface area contributed by atoms with Gasteiger partial charge in [-0.15, -0.1) is 0 Å². The van der Waals surface area contributed by atoms with E-state index in [0.29, 0.717) is 23.9 Å². The van der Waals surface area contributed by atoms with Crippen LogP contribution in [0.1, 0.15) is 24.8 Å². The molecule has 1 saturated heterocycles. The number of anilines is 1. The average Bonchev–Trinajstić information content (AvgIpc) is 3.31. The first-order chi connectivity index (χ1) is 13.0. The van der Waals surface area contributed by atoms with Gasteiger partial charge in [0.05, 0.1) is 16.7 Å². The summed E-state index contributed by atoms with van der Waals surface area (Å²) >= 11 is 3.47. The van der Waals surface area contributed by atoms with Gasteiger partial charge in [0.1, 0.15) is 6.04 Å². The summed E-state index contributed by atoms with van der Waals surface area (Å²) in [6.45, 7) is 0.603. The minimum atomic E-state index is -0.637. The third-order valence-corrected chi connectivity index (χ3v) is 5.24. The molecule has 0 saturated carbocycles. The smallest absolute Gasteiger partial charge is 0.272 e. The number of nitro benzene ring substituents is 1. The third-order valence-electron chi connectivity index (χ3n) is 4.55. The Balaban J connectivity index is 1.65. The van der Waals surface area contributed by atoms with Crippen molar-refractivity contribution in [2.24, 2.45) is 0 Å². The molecule has 138 valence electrons. The van der Waals surface area contributed by atoms with Gasteiger partial charge >= 0.3 is 0 Å². The lowest BCUT2D eigenvalue weighted by atomic mass is 10.2. The summed E-state index contributed by atoms with van der Waals surface area (Å²) in [5.41, 5.74) is 0.823. The minimum absolute atomic E-state index is 0.273. The summed E-state index contributed by atoms with van der Waals surface area (Å²) in [6, 6.07) is 10.9. The summed E-state index contributed by atoms with van der Waals surface area (Å²) < 4.78 is 20.8. The first-order valence-corrected chi connectivity index (χ1v) is 9.13. The number of benzene rings is 2. The zero-order valence-electron chi connectivity index (χ0n) is 14.0.